The molecule has 1 amide bonds. The van der Waals surface area contributed by atoms with Crippen LogP contribution in [-0.4, -0.2) is 21.1 Å². The van der Waals surface area contributed by atoms with Gasteiger partial charge in [0.05, 0.1) is 0 Å². The zero-order chi connectivity index (χ0) is 14.5. The second kappa shape index (κ2) is 6.65. The molecule has 106 valence electrons. The van der Waals surface area contributed by atoms with Crippen LogP contribution >= 0.6 is 15.9 Å². The van der Waals surface area contributed by atoms with Crippen molar-refractivity contribution in [1.82, 2.24) is 15.2 Å². The summed E-state index contributed by atoms with van der Waals surface area (Å²) in [5.41, 5.74) is 1.39. The Balaban J connectivity index is 2.11. The van der Waals surface area contributed by atoms with Crippen molar-refractivity contribution in [3.8, 4) is 0 Å². The summed E-state index contributed by atoms with van der Waals surface area (Å²) in [5, 5.41) is 9.86. The Morgan fingerprint density at radius 2 is 2.20 bits per heavy atom. The lowest BCUT2D eigenvalue weighted by molar-refractivity contribution is 0.102. The second-order valence-electron chi connectivity index (χ2n) is 4.51. The van der Waals surface area contributed by atoms with Gasteiger partial charge >= 0.3 is 0 Å². The van der Waals surface area contributed by atoms with Gasteiger partial charge in [-0.3, -0.25) is 9.89 Å². The molecule has 2 rings (SSSR count). The summed E-state index contributed by atoms with van der Waals surface area (Å²) in [6.45, 7) is 4.27. The number of hydrogen-bond acceptors (Lipinski definition) is 3. The number of rotatable bonds is 5. The highest BCUT2D eigenvalue weighted by molar-refractivity contribution is 9.10. The van der Waals surface area contributed by atoms with Crippen LogP contribution in [0.25, 0.3) is 0 Å². The van der Waals surface area contributed by atoms with Crippen molar-refractivity contribution >= 4 is 27.7 Å². The average molecular weight is 337 g/mol. The van der Waals surface area contributed by atoms with Crippen LogP contribution in [0, 0.1) is 0 Å². The minimum Gasteiger partial charge on any atom is -0.304 e. The van der Waals surface area contributed by atoms with Gasteiger partial charge in [-0.1, -0.05) is 13.8 Å². The third-order valence-electron chi connectivity index (χ3n) is 3.24. The predicted octanol–water partition coefficient (Wildman–Crippen LogP) is 3.72. The zero-order valence-corrected chi connectivity index (χ0v) is 13.1. The van der Waals surface area contributed by atoms with Gasteiger partial charge < -0.3 is 5.32 Å². The molecule has 2 aromatic heterocycles. The number of carbonyl (C=O) groups excluding carboxylic acids is 1. The maximum absolute atomic E-state index is 12.1. The Kier molecular flexibility index (Phi) is 4.89. The number of anilines is 1. The highest BCUT2D eigenvalue weighted by Crippen LogP contribution is 2.23. The molecular weight excluding hydrogens is 320 g/mol. The van der Waals surface area contributed by atoms with Gasteiger partial charge in [-0.05, 0) is 40.9 Å². The Labute approximate surface area is 126 Å². The Morgan fingerprint density at radius 1 is 1.45 bits per heavy atom. The summed E-state index contributed by atoms with van der Waals surface area (Å²) >= 11 is 3.31. The van der Waals surface area contributed by atoms with E-state index in [4.69, 9.17) is 0 Å². The summed E-state index contributed by atoms with van der Waals surface area (Å²) in [4.78, 5) is 16.1. The molecule has 2 aromatic rings. The third-order valence-corrected chi connectivity index (χ3v) is 3.88. The highest BCUT2D eigenvalue weighted by atomic mass is 79.9. The molecule has 0 saturated carbocycles. The number of H-pyrrole nitrogens is 1. The predicted molar refractivity (Wildman–Crippen MR) is 81.8 cm³/mol. The van der Waals surface area contributed by atoms with Gasteiger partial charge in [0.2, 0.25) is 0 Å². The summed E-state index contributed by atoms with van der Waals surface area (Å²) < 4.78 is 0.660. The van der Waals surface area contributed by atoms with E-state index < -0.39 is 0 Å². The zero-order valence-electron chi connectivity index (χ0n) is 11.5. The molecule has 0 spiro atoms. The SMILES string of the molecule is CCC(CC)c1cc(NC(=O)c2ncccc2Br)n[nH]1. The van der Waals surface area contributed by atoms with Crippen LogP contribution in [0.4, 0.5) is 5.82 Å². The minimum absolute atomic E-state index is 0.278. The molecule has 0 saturated heterocycles. The minimum atomic E-state index is -0.278. The monoisotopic (exact) mass is 336 g/mol. The molecule has 0 fully saturated rings. The normalized spacial score (nSPS) is 10.8. The maximum atomic E-state index is 12.1. The number of nitrogens with zero attached hydrogens (tertiary/aromatic N) is 2. The number of pyridine rings is 1. The van der Waals surface area contributed by atoms with Gasteiger partial charge in [-0.15, -0.1) is 0 Å². The number of amides is 1. The van der Waals surface area contributed by atoms with Crippen LogP contribution in [0.5, 0.6) is 0 Å². The van der Waals surface area contributed by atoms with Crippen molar-refractivity contribution in [3.63, 3.8) is 0 Å². The summed E-state index contributed by atoms with van der Waals surface area (Å²) in [7, 11) is 0. The fraction of sp³-hybridized carbons (Fsp3) is 0.357. The molecule has 0 atom stereocenters. The Morgan fingerprint density at radius 3 is 2.85 bits per heavy atom. The largest absolute Gasteiger partial charge is 0.304 e. The van der Waals surface area contributed by atoms with E-state index in [-0.39, 0.29) is 5.91 Å². The van der Waals surface area contributed by atoms with Crippen molar-refractivity contribution in [3.05, 3.63) is 40.3 Å². The van der Waals surface area contributed by atoms with E-state index in [1.807, 2.05) is 6.07 Å². The molecule has 20 heavy (non-hydrogen) atoms. The molecule has 2 N–H and O–H groups in total. The molecule has 0 aliphatic rings. The molecule has 0 aliphatic carbocycles. The number of aromatic amines is 1. The third kappa shape index (κ3) is 3.25. The molecular formula is C14H17BrN4O. The van der Waals surface area contributed by atoms with Crippen LogP contribution in [0.3, 0.4) is 0 Å². The van der Waals surface area contributed by atoms with Gasteiger partial charge in [-0.25, -0.2) is 4.98 Å². The second-order valence-corrected chi connectivity index (χ2v) is 5.36. The van der Waals surface area contributed by atoms with E-state index in [1.165, 1.54) is 0 Å². The molecule has 5 nitrogen and oxygen atoms in total. The fourth-order valence-corrected chi connectivity index (χ4v) is 2.50. The first-order valence-corrected chi connectivity index (χ1v) is 7.42. The number of halogens is 1. The lowest BCUT2D eigenvalue weighted by Crippen LogP contribution is -2.14. The van der Waals surface area contributed by atoms with E-state index in [1.54, 1.807) is 18.3 Å². The van der Waals surface area contributed by atoms with Crippen molar-refractivity contribution < 1.29 is 4.79 Å². The van der Waals surface area contributed by atoms with Gasteiger partial charge in [0, 0.05) is 28.3 Å². The van der Waals surface area contributed by atoms with Gasteiger partial charge in [0.25, 0.3) is 5.91 Å². The summed E-state index contributed by atoms with van der Waals surface area (Å²) in [5.74, 6) is 0.685. The van der Waals surface area contributed by atoms with Crippen molar-refractivity contribution in [2.75, 3.05) is 5.32 Å². The van der Waals surface area contributed by atoms with Gasteiger partial charge in [0.15, 0.2) is 5.82 Å². The van der Waals surface area contributed by atoms with Crippen molar-refractivity contribution in [2.45, 2.75) is 32.6 Å². The average Bonchev–Trinajstić information content (AvgIpc) is 2.89. The first-order valence-electron chi connectivity index (χ1n) is 6.62. The smallest absolute Gasteiger partial charge is 0.276 e. The van der Waals surface area contributed by atoms with Crippen LogP contribution in [-0.2, 0) is 0 Å². The lowest BCUT2D eigenvalue weighted by atomic mass is 10.00. The van der Waals surface area contributed by atoms with Crippen LogP contribution in [0.2, 0.25) is 0 Å². The number of nitrogens with one attached hydrogen (secondary N) is 2. The van der Waals surface area contributed by atoms with Crippen molar-refractivity contribution in [2.24, 2.45) is 0 Å². The molecule has 0 aliphatic heterocycles. The van der Waals surface area contributed by atoms with Crippen LogP contribution in [0.1, 0.15) is 48.8 Å². The topological polar surface area (TPSA) is 70.7 Å². The van der Waals surface area contributed by atoms with E-state index >= 15 is 0 Å². The van der Waals surface area contributed by atoms with E-state index in [0.717, 1.165) is 18.5 Å². The fourth-order valence-electron chi connectivity index (χ4n) is 2.07. The first-order chi connectivity index (χ1) is 9.65. The van der Waals surface area contributed by atoms with Gasteiger partial charge in [0.1, 0.15) is 5.69 Å². The maximum Gasteiger partial charge on any atom is 0.276 e. The first kappa shape index (κ1) is 14.7. The molecule has 0 radical (unpaired) electrons. The summed E-state index contributed by atoms with van der Waals surface area (Å²) in [6, 6.07) is 5.43. The van der Waals surface area contributed by atoms with E-state index in [2.05, 4.69) is 50.3 Å². The number of hydrogen-bond donors (Lipinski definition) is 2. The summed E-state index contributed by atoms with van der Waals surface area (Å²) in [6.07, 6.45) is 3.66. The van der Waals surface area contributed by atoms with Crippen LogP contribution < -0.4 is 5.32 Å². The quantitative estimate of drug-likeness (QED) is 0.873. The number of aromatic nitrogens is 3. The Bertz CT molecular complexity index is 592. The molecule has 0 bridgehead atoms. The van der Waals surface area contributed by atoms with E-state index in [9.17, 15) is 4.79 Å². The molecule has 6 heteroatoms. The standard InChI is InChI=1S/C14H17BrN4O/c1-3-9(4-2)11-8-12(19-18-11)17-14(20)13-10(15)6-5-7-16-13/h5-9H,3-4H2,1-2H3,(H2,17,18,19,20). The van der Waals surface area contributed by atoms with Crippen molar-refractivity contribution in [1.29, 1.82) is 0 Å². The van der Waals surface area contributed by atoms with E-state index in [0.29, 0.717) is 21.9 Å². The highest BCUT2D eigenvalue weighted by Gasteiger charge is 2.15. The Hall–Kier alpha value is -1.69. The molecule has 0 aromatic carbocycles. The lowest BCUT2D eigenvalue weighted by Gasteiger charge is -2.07. The molecule has 0 unspecified atom stereocenters. The van der Waals surface area contributed by atoms with Crippen LogP contribution in [0.15, 0.2) is 28.9 Å². The van der Waals surface area contributed by atoms with Gasteiger partial charge in [-0.2, -0.15) is 5.10 Å². The molecule has 2 heterocycles. The number of carbonyl (C=O) groups is 1.